The molecule has 1 aliphatic rings. The van der Waals surface area contributed by atoms with Crippen molar-refractivity contribution in [2.24, 2.45) is 0 Å². The molecule has 5 nitrogen and oxygen atoms in total. The minimum atomic E-state index is -3.75. The number of para-hydroxylation sites is 1. The van der Waals surface area contributed by atoms with Crippen LogP contribution >= 0.6 is 0 Å². The second-order valence-corrected chi connectivity index (χ2v) is 9.53. The molecule has 0 saturated carbocycles. The first kappa shape index (κ1) is 18.5. The van der Waals surface area contributed by atoms with Crippen LogP contribution in [0.2, 0.25) is 0 Å². The molecule has 1 aliphatic heterocycles. The predicted molar refractivity (Wildman–Crippen MR) is 103 cm³/mol. The fourth-order valence-electron chi connectivity index (χ4n) is 3.23. The molecule has 138 valence electrons. The molecule has 6 heteroatoms. The van der Waals surface area contributed by atoms with Crippen molar-refractivity contribution in [2.45, 2.75) is 50.6 Å². The minimum absolute atomic E-state index is 0.127. The molecule has 1 heterocycles. The lowest BCUT2D eigenvalue weighted by molar-refractivity contribution is 0.0919. The van der Waals surface area contributed by atoms with Gasteiger partial charge < -0.3 is 5.32 Å². The van der Waals surface area contributed by atoms with Gasteiger partial charge in [0.1, 0.15) is 0 Å². The molecule has 0 saturated heterocycles. The van der Waals surface area contributed by atoms with Gasteiger partial charge in [-0.15, -0.1) is 0 Å². The summed E-state index contributed by atoms with van der Waals surface area (Å²) in [7, 11) is -3.75. The van der Waals surface area contributed by atoms with E-state index in [9.17, 15) is 13.2 Å². The zero-order valence-corrected chi connectivity index (χ0v) is 16.3. The Labute approximate surface area is 155 Å². The van der Waals surface area contributed by atoms with Crippen LogP contribution in [0.5, 0.6) is 0 Å². The fraction of sp³-hybridized carbons (Fsp3) is 0.350. The molecule has 3 rings (SSSR count). The third kappa shape index (κ3) is 3.46. The van der Waals surface area contributed by atoms with Crippen molar-refractivity contribution in [3.63, 3.8) is 0 Å². The topological polar surface area (TPSA) is 66.5 Å². The predicted octanol–water partition coefficient (Wildman–Crippen LogP) is 3.35. The molecule has 1 unspecified atom stereocenters. The SMILES string of the molecule is CC1Cc2ccccc2N1S(=O)(=O)c1cccc(C(=O)NC(C)(C)C)c1. The first-order valence-electron chi connectivity index (χ1n) is 8.64. The third-order valence-electron chi connectivity index (χ3n) is 4.29. The van der Waals surface area contributed by atoms with E-state index in [-0.39, 0.29) is 16.8 Å². The summed E-state index contributed by atoms with van der Waals surface area (Å²) in [6, 6.07) is 13.6. The summed E-state index contributed by atoms with van der Waals surface area (Å²) < 4.78 is 28.0. The van der Waals surface area contributed by atoms with E-state index >= 15 is 0 Å². The first-order valence-corrected chi connectivity index (χ1v) is 10.1. The maximum absolute atomic E-state index is 13.3. The summed E-state index contributed by atoms with van der Waals surface area (Å²) in [4.78, 5) is 12.5. The standard InChI is InChI=1S/C20H24N2O3S/c1-14-12-15-8-5-6-11-18(15)22(14)26(24,25)17-10-7-9-16(13-17)19(23)21-20(2,3)4/h5-11,13-14H,12H2,1-4H3,(H,21,23). The molecule has 0 bridgehead atoms. The number of hydrogen-bond donors (Lipinski definition) is 1. The third-order valence-corrected chi connectivity index (χ3v) is 6.21. The molecule has 0 radical (unpaired) electrons. The quantitative estimate of drug-likeness (QED) is 0.898. The lowest BCUT2D eigenvalue weighted by atomic mass is 10.1. The zero-order valence-electron chi connectivity index (χ0n) is 15.5. The van der Waals surface area contributed by atoms with E-state index in [0.29, 0.717) is 17.7 Å². The van der Waals surface area contributed by atoms with Gasteiger partial charge in [-0.2, -0.15) is 0 Å². The number of anilines is 1. The van der Waals surface area contributed by atoms with Gasteiger partial charge >= 0.3 is 0 Å². The molecule has 2 aromatic rings. The molecule has 0 aliphatic carbocycles. The van der Waals surface area contributed by atoms with Crippen molar-refractivity contribution in [1.29, 1.82) is 0 Å². The lowest BCUT2D eigenvalue weighted by Gasteiger charge is -2.25. The molecule has 1 amide bonds. The van der Waals surface area contributed by atoms with E-state index in [4.69, 9.17) is 0 Å². The largest absolute Gasteiger partial charge is 0.347 e. The fourth-order valence-corrected chi connectivity index (χ4v) is 4.97. The van der Waals surface area contributed by atoms with Crippen LogP contribution in [-0.2, 0) is 16.4 Å². The second-order valence-electron chi connectivity index (χ2n) is 7.71. The van der Waals surface area contributed by atoms with Gasteiger partial charge in [-0.25, -0.2) is 8.42 Å². The van der Waals surface area contributed by atoms with Crippen LogP contribution in [-0.4, -0.2) is 25.9 Å². The van der Waals surface area contributed by atoms with E-state index in [1.54, 1.807) is 12.1 Å². The van der Waals surface area contributed by atoms with Gasteiger partial charge in [0.05, 0.1) is 10.6 Å². The number of sulfonamides is 1. The van der Waals surface area contributed by atoms with Crippen LogP contribution in [0.3, 0.4) is 0 Å². The number of carbonyl (C=O) groups excluding carboxylic acids is 1. The minimum Gasteiger partial charge on any atom is -0.347 e. The van der Waals surface area contributed by atoms with Crippen molar-refractivity contribution >= 4 is 21.6 Å². The summed E-state index contributed by atoms with van der Waals surface area (Å²) in [5.74, 6) is -0.288. The van der Waals surface area contributed by atoms with Gasteiger partial charge in [0, 0.05) is 17.1 Å². The molecule has 0 fully saturated rings. The Hall–Kier alpha value is -2.34. The first-order chi connectivity index (χ1) is 12.1. The normalized spacial score (nSPS) is 17.1. The van der Waals surface area contributed by atoms with Crippen molar-refractivity contribution in [3.8, 4) is 0 Å². The Balaban J connectivity index is 1.99. The van der Waals surface area contributed by atoms with Gasteiger partial charge in [0.15, 0.2) is 0 Å². The number of amides is 1. The van der Waals surface area contributed by atoms with Gasteiger partial charge in [-0.1, -0.05) is 24.3 Å². The van der Waals surface area contributed by atoms with Gasteiger partial charge in [-0.05, 0) is 63.9 Å². The second kappa shape index (κ2) is 6.43. The van der Waals surface area contributed by atoms with Gasteiger partial charge in [0.2, 0.25) is 0 Å². The zero-order chi connectivity index (χ0) is 19.1. The van der Waals surface area contributed by atoms with Crippen molar-refractivity contribution in [1.82, 2.24) is 5.32 Å². The van der Waals surface area contributed by atoms with Crippen LogP contribution in [0.1, 0.15) is 43.6 Å². The van der Waals surface area contributed by atoms with Crippen LogP contribution in [0.15, 0.2) is 53.4 Å². The average molecular weight is 372 g/mol. The Bertz CT molecular complexity index is 946. The number of nitrogens with one attached hydrogen (secondary N) is 1. The van der Waals surface area contributed by atoms with Crippen LogP contribution < -0.4 is 9.62 Å². The van der Waals surface area contributed by atoms with E-state index < -0.39 is 15.6 Å². The van der Waals surface area contributed by atoms with Gasteiger partial charge in [-0.3, -0.25) is 9.10 Å². The van der Waals surface area contributed by atoms with Crippen LogP contribution in [0, 0.1) is 0 Å². The van der Waals surface area contributed by atoms with E-state index in [1.165, 1.54) is 16.4 Å². The summed E-state index contributed by atoms with van der Waals surface area (Å²) in [5, 5.41) is 2.86. The Morgan fingerprint density at radius 3 is 2.50 bits per heavy atom. The Kier molecular flexibility index (Phi) is 4.56. The number of carbonyl (C=O) groups is 1. The number of nitrogens with zero attached hydrogens (tertiary/aromatic N) is 1. The van der Waals surface area contributed by atoms with Crippen molar-refractivity contribution in [2.75, 3.05) is 4.31 Å². The molecular weight excluding hydrogens is 348 g/mol. The highest BCUT2D eigenvalue weighted by Crippen LogP contribution is 2.36. The number of rotatable bonds is 3. The summed E-state index contributed by atoms with van der Waals surface area (Å²) in [6.07, 6.45) is 0.680. The molecular formula is C20H24N2O3S. The van der Waals surface area contributed by atoms with E-state index in [1.807, 2.05) is 52.0 Å². The van der Waals surface area contributed by atoms with Crippen molar-refractivity contribution < 1.29 is 13.2 Å². The number of hydrogen-bond acceptors (Lipinski definition) is 3. The maximum Gasteiger partial charge on any atom is 0.264 e. The molecule has 0 spiro atoms. The van der Waals surface area contributed by atoms with Crippen molar-refractivity contribution in [3.05, 3.63) is 59.7 Å². The Morgan fingerprint density at radius 1 is 1.12 bits per heavy atom. The highest BCUT2D eigenvalue weighted by molar-refractivity contribution is 7.92. The molecule has 1 N–H and O–H groups in total. The lowest BCUT2D eigenvalue weighted by Crippen LogP contribution is -2.40. The highest BCUT2D eigenvalue weighted by Gasteiger charge is 2.36. The van der Waals surface area contributed by atoms with E-state index in [0.717, 1.165) is 5.56 Å². The summed E-state index contributed by atoms with van der Waals surface area (Å²) in [5.41, 5.74) is 1.67. The van der Waals surface area contributed by atoms with E-state index in [2.05, 4.69) is 5.32 Å². The summed E-state index contributed by atoms with van der Waals surface area (Å²) in [6.45, 7) is 7.55. The molecule has 26 heavy (non-hydrogen) atoms. The number of fused-ring (bicyclic) bond motifs is 1. The molecule has 1 atom stereocenters. The summed E-state index contributed by atoms with van der Waals surface area (Å²) >= 11 is 0. The van der Waals surface area contributed by atoms with Gasteiger partial charge in [0.25, 0.3) is 15.9 Å². The maximum atomic E-state index is 13.3. The average Bonchev–Trinajstić information content (AvgIpc) is 2.89. The Morgan fingerprint density at radius 2 is 1.81 bits per heavy atom. The molecule has 0 aromatic heterocycles. The number of benzene rings is 2. The monoisotopic (exact) mass is 372 g/mol. The van der Waals surface area contributed by atoms with Crippen LogP contribution in [0.25, 0.3) is 0 Å². The highest BCUT2D eigenvalue weighted by atomic mass is 32.2. The molecule has 2 aromatic carbocycles. The van der Waals surface area contributed by atoms with Crippen LogP contribution in [0.4, 0.5) is 5.69 Å². The smallest absolute Gasteiger partial charge is 0.264 e.